The summed E-state index contributed by atoms with van der Waals surface area (Å²) >= 11 is 1.38. The summed E-state index contributed by atoms with van der Waals surface area (Å²) in [5.41, 5.74) is 13.8. The molecule has 0 aliphatic rings. The monoisotopic (exact) mass is 429 g/mol. The molecule has 1 unspecified atom stereocenters. The number of Topliss-reactive ketones (excluding diaryl/α,β-unsaturated/α-hetero) is 1. The summed E-state index contributed by atoms with van der Waals surface area (Å²) in [5.74, 6) is -0.398. The smallest absolute Gasteiger partial charge is 0.234 e. The number of primary amides is 1. The Bertz CT molecular complexity index is 799. The van der Waals surface area contributed by atoms with E-state index in [1.807, 2.05) is 24.5 Å². The average Bonchev–Trinajstić information content (AvgIpc) is 2.75. The van der Waals surface area contributed by atoms with Gasteiger partial charge in [0.2, 0.25) is 5.91 Å². The maximum atomic E-state index is 12.8. The number of amides is 1. The van der Waals surface area contributed by atoms with E-state index in [0.717, 1.165) is 18.4 Å². The van der Waals surface area contributed by atoms with Gasteiger partial charge in [0.05, 0.1) is 17.3 Å². The highest BCUT2D eigenvalue weighted by molar-refractivity contribution is 7.99. The van der Waals surface area contributed by atoms with Crippen LogP contribution >= 0.6 is 11.8 Å². The summed E-state index contributed by atoms with van der Waals surface area (Å²) in [6, 6.07) is 15.5. The number of hydrogen-bond donors (Lipinski definition) is 4. The Balaban J connectivity index is 1.86. The van der Waals surface area contributed by atoms with Crippen molar-refractivity contribution in [1.29, 1.82) is 0 Å². The third-order valence-electron chi connectivity index (χ3n) is 5.03. The number of aryl methyl sites for hydroxylation is 1. The zero-order chi connectivity index (χ0) is 21.9. The number of rotatable bonds is 13. The van der Waals surface area contributed by atoms with Gasteiger partial charge in [-0.2, -0.15) is 11.8 Å². The first-order valence-electron chi connectivity index (χ1n) is 10.1. The van der Waals surface area contributed by atoms with Gasteiger partial charge in [-0.1, -0.05) is 42.5 Å². The highest BCUT2D eigenvalue weighted by Gasteiger charge is 2.28. The van der Waals surface area contributed by atoms with Crippen LogP contribution < -0.4 is 16.8 Å². The summed E-state index contributed by atoms with van der Waals surface area (Å²) in [6.45, 7) is 0.636. The Morgan fingerprint density at radius 2 is 1.73 bits per heavy atom. The molecule has 30 heavy (non-hydrogen) atoms. The van der Waals surface area contributed by atoms with Crippen LogP contribution in [0.4, 0.5) is 0 Å². The number of nitrogens with one attached hydrogen (secondary N) is 1. The lowest BCUT2D eigenvalue weighted by atomic mass is 9.98. The van der Waals surface area contributed by atoms with Crippen molar-refractivity contribution in [3.63, 3.8) is 0 Å². The second kappa shape index (κ2) is 12.4. The Labute approximate surface area is 182 Å². The Hall–Kier alpha value is -2.35. The average molecular weight is 430 g/mol. The number of hydrogen-bond acceptors (Lipinski definition) is 6. The number of phenols is 1. The molecule has 2 aromatic rings. The quantitative estimate of drug-likeness (QED) is 0.362. The van der Waals surface area contributed by atoms with Crippen molar-refractivity contribution >= 4 is 23.5 Å². The van der Waals surface area contributed by atoms with Crippen LogP contribution in [0, 0.1) is 0 Å². The standard InChI is InChI=1S/C23H31N3O3S/c1-30-21(22(28)19(24)14-17-9-11-18(27)12-10-17)15-20(23(25)29)26-13-5-8-16-6-3-2-4-7-16/h2-4,6-7,9-12,19-21,26-27H,5,8,13-15,24H2,1H3,(H2,25,29)/t19-,20+,21?/m0/s1. The van der Waals surface area contributed by atoms with Crippen LogP contribution in [0.1, 0.15) is 24.0 Å². The van der Waals surface area contributed by atoms with Crippen LogP contribution in [0.5, 0.6) is 5.75 Å². The molecule has 7 heteroatoms. The van der Waals surface area contributed by atoms with E-state index in [9.17, 15) is 14.7 Å². The minimum Gasteiger partial charge on any atom is -0.508 e. The third-order valence-corrected chi connectivity index (χ3v) is 6.02. The van der Waals surface area contributed by atoms with Gasteiger partial charge in [-0.15, -0.1) is 0 Å². The van der Waals surface area contributed by atoms with E-state index in [1.165, 1.54) is 17.3 Å². The van der Waals surface area contributed by atoms with Gasteiger partial charge in [-0.05, 0) is 61.7 Å². The molecule has 0 aromatic heterocycles. The summed E-state index contributed by atoms with van der Waals surface area (Å²) in [5, 5.41) is 12.2. The zero-order valence-electron chi connectivity index (χ0n) is 17.3. The zero-order valence-corrected chi connectivity index (χ0v) is 18.1. The van der Waals surface area contributed by atoms with Crippen molar-refractivity contribution in [3.8, 4) is 5.75 Å². The van der Waals surface area contributed by atoms with Crippen LogP contribution in [0.25, 0.3) is 0 Å². The molecular weight excluding hydrogens is 398 g/mol. The van der Waals surface area contributed by atoms with E-state index in [2.05, 4.69) is 17.4 Å². The molecule has 0 radical (unpaired) electrons. The first-order valence-corrected chi connectivity index (χ1v) is 11.4. The fraction of sp³-hybridized carbons (Fsp3) is 0.391. The lowest BCUT2D eigenvalue weighted by molar-refractivity contribution is -0.121. The highest BCUT2D eigenvalue weighted by Crippen LogP contribution is 2.18. The molecular formula is C23H31N3O3S. The van der Waals surface area contributed by atoms with Gasteiger partial charge in [0.1, 0.15) is 5.75 Å². The number of carbonyl (C=O) groups excluding carboxylic acids is 2. The minimum absolute atomic E-state index is 0.104. The summed E-state index contributed by atoms with van der Waals surface area (Å²) in [6.07, 6.45) is 4.29. The van der Waals surface area contributed by atoms with Crippen molar-refractivity contribution in [2.45, 2.75) is 43.0 Å². The van der Waals surface area contributed by atoms with E-state index >= 15 is 0 Å². The van der Waals surface area contributed by atoms with Crippen LogP contribution in [0.2, 0.25) is 0 Å². The molecule has 0 saturated heterocycles. The maximum Gasteiger partial charge on any atom is 0.234 e. The molecule has 0 heterocycles. The van der Waals surface area contributed by atoms with Crippen molar-refractivity contribution in [1.82, 2.24) is 5.32 Å². The molecule has 162 valence electrons. The Kier molecular flexibility index (Phi) is 9.86. The predicted octanol–water partition coefficient (Wildman–Crippen LogP) is 2.03. The number of benzene rings is 2. The number of aromatic hydroxyl groups is 1. The van der Waals surface area contributed by atoms with E-state index < -0.39 is 23.2 Å². The molecule has 0 spiro atoms. The van der Waals surface area contributed by atoms with Crippen LogP contribution in [0.3, 0.4) is 0 Å². The van der Waals surface area contributed by atoms with Crippen LogP contribution in [-0.4, -0.2) is 46.9 Å². The molecule has 0 aliphatic heterocycles. The van der Waals surface area contributed by atoms with E-state index in [0.29, 0.717) is 19.4 Å². The number of thioether (sulfide) groups is 1. The van der Waals surface area contributed by atoms with Crippen molar-refractivity contribution in [2.24, 2.45) is 11.5 Å². The van der Waals surface area contributed by atoms with Gasteiger partial charge in [0, 0.05) is 0 Å². The lowest BCUT2D eigenvalue weighted by Crippen LogP contribution is -2.47. The molecule has 0 fully saturated rings. The molecule has 6 nitrogen and oxygen atoms in total. The maximum absolute atomic E-state index is 12.8. The van der Waals surface area contributed by atoms with E-state index in [4.69, 9.17) is 11.5 Å². The van der Waals surface area contributed by atoms with Gasteiger partial charge >= 0.3 is 0 Å². The first kappa shape index (κ1) is 23.9. The fourth-order valence-electron chi connectivity index (χ4n) is 3.28. The highest BCUT2D eigenvalue weighted by atomic mass is 32.2. The molecule has 6 N–H and O–H groups in total. The molecule has 2 rings (SSSR count). The molecule has 3 atom stereocenters. The molecule has 2 aromatic carbocycles. The Morgan fingerprint density at radius 3 is 2.33 bits per heavy atom. The molecule has 0 saturated carbocycles. The van der Waals surface area contributed by atoms with Crippen molar-refractivity contribution < 1.29 is 14.7 Å². The summed E-state index contributed by atoms with van der Waals surface area (Å²) in [4.78, 5) is 24.8. The van der Waals surface area contributed by atoms with Gasteiger partial charge < -0.3 is 21.9 Å². The van der Waals surface area contributed by atoms with E-state index in [-0.39, 0.29) is 11.5 Å². The van der Waals surface area contributed by atoms with Crippen LogP contribution in [0.15, 0.2) is 54.6 Å². The lowest BCUT2D eigenvalue weighted by Gasteiger charge is -2.23. The third kappa shape index (κ3) is 7.82. The van der Waals surface area contributed by atoms with Crippen molar-refractivity contribution in [2.75, 3.05) is 12.8 Å². The number of phenolic OH excluding ortho intramolecular Hbond substituents is 1. The van der Waals surface area contributed by atoms with Gasteiger partial charge in [0.25, 0.3) is 0 Å². The normalized spacial score (nSPS) is 14.1. The Morgan fingerprint density at radius 1 is 1.07 bits per heavy atom. The van der Waals surface area contributed by atoms with E-state index in [1.54, 1.807) is 24.3 Å². The number of nitrogens with two attached hydrogens (primary N) is 2. The van der Waals surface area contributed by atoms with Gasteiger partial charge in [-0.3, -0.25) is 9.59 Å². The summed E-state index contributed by atoms with van der Waals surface area (Å²) in [7, 11) is 0. The van der Waals surface area contributed by atoms with Crippen molar-refractivity contribution in [3.05, 3.63) is 65.7 Å². The largest absolute Gasteiger partial charge is 0.508 e. The number of carbonyl (C=O) groups is 2. The summed E-state index contributed by atoms with van der Waals surface area (Å²) < 4.78 is 0. The van der Waals surface area contributed by atoms with Crippen LogP contribution in [-0.2, 0) is 22.4 Å². The second-order valence-corrected chi connectivity index (χ2v) is 8.38. The predicted molar refractivity (Wildman–Crippen MR) is 122 cm³/mol. The molecule has 1 amide bonds. The topological polar surface area (TPSA) is 118 Å². The molecule has 0 bridgehead atoms. The SMILES string of the molecule is CSC(C[C@@H](NCCCc1ccccc1)C(N)=O)C(=O)[C@@H](N)Cc1ccc(O)cc1. The van der Waals surface area contributed by atoms with Gasteiger partial charge in [-0.25, -0.2) is 0 Å². The number of ketones is 1. The first-order chi connectivity index (χ1) is 14.4. The molecule has 0 aliphatic carbocycles. The second-order valence-electron chi connectivity index (χ2n) is 7.34. The minimum atomic E-state index is -0.682. The van der Waals surface area contributed by atoms with Gasteiger partial charge in [0.15, 0.2) is 5.78 Å². The fourth-order valence-corrected chi connectivity index (χ4v) is 4.07.